The van der Waals surface area contributed by atoms with Crippen LogP contribution in [0.1, 0.15) is 5.56 Å². The molecule has 0 atom stereocenters. The van der Waals surface area contributed by atoms with Gasteiger partial charge in [0.2, 0.25) is 0 Å². The molecule has 0 radical (unpaired) electrons. The van der Waals surface area contributed by atoms with E-state index in [9.17, 15) is 8.78 Å². The summed E-state index contributed by atoms with van der Waals surface area (Å²) in [5, 5.41) is 4.47. The largest absolute Gasteiger partial charge is 0.434 e. The Bertz CT molecular complexity index is 605. The van der Waals surface area contributed by atoms with Crippen LogP contribution in [-0.4, -0.2) is 12.8 Å². The van der Waals surface area contributed by atoms with Crippen LogP contribution in [0.2, 0.25) is 5.02 Å². The van der Waals surface area contributed by atoms with Gasteiger partial charge in [-0.2, -0.15) is 13.9 Å². The van der Waals surface area contributed by atoms with Gasteiger partial charge in [-0.05, 0) is 24.3 Å². The van der Waals surface area contributed by atoms with Crippen molar-refractivity contribution in [1.82, 2.24) is 0 Å². The number of nitrogens with one attached hydrogen (secondary N) is 1. The zero-order chi connectivity index (χ0) is 14.4. The van der Waals surface area contributed by atoms with E-state index in [1.807, 2.05) is 0 Å². The molecule has 104 valence electrons. The topological polar surface area (TPSA) is 33.6 Å². The summed E-state index contributed by atoms with van der Waals surface area (Å²) >= 11 is 5.95. The Hall–Kier alpha value is -2.14. The molecule has 0 aliphatic heterocycles. The Labute approximate surface area is 119 Å². The Morgan fingerprint density at radius 3 is 2.55 bits per heavy atom. The number of hydrogen-bond acceptors (Lipinski definition) is 3. The molecule has 20 heavy (non-hydrogen) atoms. The number of benzene rings is 2. The summed E-state index contributed by atoms with van der Waals surface area (Å²) in [5.41, 5.74) is 3.80. The minimum Gasteiger partial charge on any atom is -0.434 e. The number of ether oxygens (including phenoxy) is 1. The fourth-order valence-corrected chi connectivity index (χ4v) is 1.69. The maximum Gasteiger partial charge on any atom is 0.387 e. The second-order valence-corrected chi connectivity index (χ2v) is 4.17. The summed E-state index contributed by atoms with van der Waals surface area (Å²) in [5.74, 6) is 0.0622. The van der Waals surface area contributed by atoms with Gasteiger partial charge in [0, 0.05) is 5.56 Å². The van der Waals surface area contributed by atoms with Crippen LogP contribution in [0.15, 0.2) is 53.6 Å². The molecule has 0 saturated carbocycles. The first-order valence-electron chi connectivity index (χ1n) is 5.74. The lowest BCUT2D eigenvalue weighted by atomic mass is 10.2. The van der Waals surface area contributed by atoms with Crippen LogP contribution < -0.4 is 10.2 Å². The molecular weight excluding hydrogens is 286 g/mol. The molecule has 3 nitrogen and oxygen atoms in total. The highest BCUT2D eigenvalue weighted by Gasteiger charge is 2.07. The van der Waals surface area contributed by atoms with Crippen molar-refractivity contribution in [3.63, 3.8) is 0 Å². The van der Waals surface area contributed by atoms with Gasteiger partial charge < -0.3 is 4.74 Å². The maximum atomic E-state index is 12.2. The first-order valence-corrected chi connectivity index (χ1v) is 6.12. The molecule has 2 aromatic rings. The number of halogens is 3. The molecule has 0 bridgehead atoms. The highest BCUT2D eigenvalue weighted by Crippen LogP contribution is 2.21. The van der Waals surface area contributed by atoms with E-state index in [-0.39, 0.29) is 5.75 Å². The molecule has 1 N–H and O–H groups in total. The second-order valence-electron chi connectivity index (χ2n) is 3.77. The maximum absolute atomic E-state index is 12.2. The average molecular weight is 297 g/mol. The van der Waals surface area contributed by atoms with E-state index in [4.69, 9.17) is 11.6 Å². The summed E-state index contributed by atoms with van der Waals surface area (Å²) in [4.78, 5) is 0. The summed E-state index contributed by atoms with van der Waals surface area (Å²) in [7, 11) is 0. The minimum atomic E-state index is -2.87. The number of rotatable bonds is 5. The molecular formula is C14H11ClF2N2O. The number of hydrazone groups is 1. The van der Waals surface area contributed by atoms with Gasteiger partial charge in [0.25, 0.3) is 0 Å². The smallest absolute Gasteiger partial charge is 0.387 e. The third kappa shape index (κ3) is 3.93. The van der Waals surface area contributed by atoms with Gasteiger partial charge in [0.05, 0.1) is 16.9 Å². The van der Waals surface area contributed by atoms with Crippen molar-refractivity contribution < 1.29 is 13.5 Å². The average Bonchev–Trinajstić information content (AvgIpc) is 2.42. The zero-order valence-electron chi connectivity index (χ0n) is 10.3. The van der Waals surface area contributed by atoms with Crippen LogP contribution in [0.4, 0.5) is 14.5 Å². The van der Waals surface area contributed by atoms with Gasteiger partial charge in [-0.25, -0.2) is 0 Å². The van der Waals surface area contributed by atoms with Gasteiger partial charge in [-0.15, -0.1) is 0 Å². The molecule has 0 saturated heterocycles. The molecule has 0 aromatic heterocycles. The number of nitrogens with zero attached hydrogens (tertiary/aromatic N) is 1. The fraction of sp³-hybridized carbons (Fsp3) is 0.0714. The van der Waals surface area contributed by atoms with E-state index in [1.165, 1.54) is 12.3 Å². The molecule has 0 spiro atoms. The number of alkyl halides is 2. The van der Waals surface area contributed by atoms with Gasteiger partial charge in [-0.3, -0.25) is 5.43 Å². The normalized spacial score (nSPS) is 11.0. The van der Waals surface area contributed by atoms with Crippen molar-refractivity contribution in [1.29, 1.82) is 0 Å². The molecule has 6 heteroatoms. The van der Waals surface area contributed by atoms with Crippen molar-refractivity contribution in [3.05, 3.63) is 59.1 Å². The molecule has 0 amide bonds. The SMILES string of the molecule is FC(F)Oc1ccccc1/C=N\Nc1ccccc1Cl. The summed E-state index contributed by atoms with van der Waals surface area (Å²) < 4.78 is 28.9. The zero-order valence-corrected chi connectivity index (χ0v) is 11.0. The molecule has 0 fully saturated rings. The number of para-hydroxylation sites is 2. The minimum absolute atomic E-state index is 0.0622. The Kier molecular flexibility index (Phi) is 4.90. The standard InChI is InChI=1S/C14H11ClF2N2O/c15-11-6-2-3-7-12(11)19-18-9-10-5-1-4-8-13(10)20-14(16)17/h1-9,14,19H/b18-9-. The summed E-state index contributed by atoms with van der Waals surface area (Å²) in [6.45, 7) is -2.87. The summed E-state index contributed by atoms with van der Waals surface area (Å²) in [6, 6.07) is 13.4. The van der Waals surface area contributed by atoms with Crippen LogP contribution in [0, 0.1) is 0 Å². The van der Waals surface area contributed by atoms with Crippen LogP contribution in [-0.2, 0) is 0 Å². The molecule has 2 rings (SSSR count). The second kappa shape index (κ2) is 6.86. The van der Waals surface area contributed by atoms with Crippen molar-refractivity contribution in [2.24, 2.45) is 5.10 Å². The fourth-order valence-electron chi connectivity index (χ4n) is 1.51. The summed E-state index contributed by atoms with van der Waals surface area (Å²) in [6.07, 6.45) is 1.39. The van der Waals surface area contributed by atoms with Gasteiger partial charge in [-0.1, -0.05) is 35.9 Å². The van der Waals surface area contributed by atoms with Crippen LogP contribution >= 0.6 is 11.6 Å². The van der Waals surface area contributed by atoms with E-state index in [2.05, 4.69) is 15.3 Å². The Morgan fingerprint density at radius 1 is 1.10 bits per heavy atom. The molecule has 0 unspecified atom stereocenters. The van der Waals surface area contributed by atoms with Gasteiger partial charge >= 0.3 is 6.61 Å². The third-order valence-corrected chi connectivity index (χ3v) is 2.73. The predicted octanol–water partition coefficient (Wildman–Crippen LogP) is 4.39. The van der Waals surface area contributed by atoms with E-state index in [0.29, 0.717) is 16.3 Å². The van der Waals surface area contributed by atoms with Crippen molar-refractivity contribution in [2.75, 3.05) is 5.43 Å². The van der Waals surface area contributed by atoms with Crippen LogP contribution in [0.25, 0.3) is 0 Å². The lowest BCUT2D eigenvalue weighted by molar-refractivity contribution is -0.0499. The lowest BCUT2D eigenvalue weighted by Crippen LogP contribution is -2.04. The highest BCUT2D eigenvalue weighted by atomic mass is 35.5. The first-order chi connectivity index (χ1) is 9.66. The van der Waals surface area contributed by atoms with E-state index >= 15 is 0 Å². The number of hydrogen-bond donors (Lipinski definition) is 1. The monoisotopic (exact) mass is 296 g/mol. The molecule has 2 aromatic carbocycles. The van der Waals surface area contributed by atoms with Crippen molar-refractivity contribution in [3.8, 4) is 5.75 Å². The Morgan fingerprint density at radius 2 is 1.80 bits per heavy atom. The van der Waals surface area contributed by atoms with Crippen molar-refractivity contribution >= 4 is 23.5 Å². The predicted molar refractivity (Wildman–Crippen MR) is 75.7 cm³/mol. The van der Waals surface area contributed by atoms with E-state index < -0.39 is 6.61 Å². The first kappa shape index (κ1) is 14.3. The van der Waals surface area contributed by atoms with Crippen LogP contribution in [0.5, 0.6) is 5.75 Å². The quantitative estimate of drug-likeness (QED) is 0.656. The molecule has 0 aliphatic carbocycles. The Balaban J connectivity index is 2.10. The van der Waals surface area contributed by atoms with Crippen molar-refractivity contribution in [2.45, 2.75) is 6.61 Å². The molecule has 0 aliphatic rings. The highest BCUT2D eigenvalue weighted by molar-refractivity contribution is 6.33. The molecule has 0 heterocycles. The van der Waals surface area contributed by atoms with Crippen LogP contribution in [0.3, 0.4) is 0 Å². The van der Waals surface area contributed by atoms with Gasteiger partial charge in [0.1, 0.15) is 5.75 Å². The third-order valence-electron chi connectivity index (χ3n) is 2.40. The lowest BCUT2D eigenvalue weighted by Gasteiger charge is -2.07. The number of anilines is 1. The van der Waals surface area contributed by atoms with E-state index in [1.54, 1.807) is 42.5 Å². The van der Waals surface area contributed by atoms with Gasteiger partial charge in [0.15, 0.2) is 0 Å². The van der Waals surface area contributed by atoms with E-state index in [0.717, 1.165) is 0 Å².